The molecule has 0 aromatic heterocycles. The molecule has 0 aromatic rings. The Morgan fingerprint density at radius 2 is 0.513 bits per heavy atom. The van der Waals surface area contributed by atoms with Gasteiger partial charge in [-0.1, -0.05) is 259 Å². The number of carbonyl (C=O) groups excluding carboxylic acids is 3. The lowest BCUT2D eigenvalue weighted by atomic mass is 10.1. The third kappa shape index (κ3) is 60.9. The molecule has 76 heavy (non-hydrogen) atoms. The molecule has 0 amide bonds. The second-order valence-corrected chi connectivity index (χ2v) is 20.9. The van der Waals surface area contributed by atoms with E-state index in [9.17, 15) is 14.4 Å². The van der Waals surface area contributed by atoms with Crippen LogP contribution in [0.5, 0.6) is 0 Å². The maximum absolute atomic E-state index is 12.9. The summed E-state index contributed by atoms with van der Waals surface area (Å²) in [5.74, 6) is -0.921. The van der Waals surface area contributed by atoms with E-state index in [4.69, 9.17) is 14.2 Å². The first kappa shape index (κ1) is 72.1. The quantitative estimate of drug-likeness (QED) is 0.0261. The Morgan fingerprint density at radius 1 is 0.276 bits per heavy atom. The molecule has 0 spiro atoms. The normalized spacial score (nSPS) is 12.8. The molecule has 434 valence electrons. The molecule has 0 aromatic carbocycles. The molecule has 6 nitrogen and oxygen atoms in total. The van der Waals surface area contributed by atoms with Gasteiger partial charge in [0, 0.05) is 19.3 Å². The van der Waals surface area contributed by atoms with Gasteiger partial charge in [-0.2, -0.15) is 0 Å². The molecular formula is C70H118O6. The minimum absolute atomic E-state index is 0.0920. The van der Waals surface area contributed by atoms with Crippen molar-refractivity contribution in [3.8, 4) is 0 Å². The van der Waals surface area contributed by atoms with Crippen molar-refractivity contribution in [3.05, 3.63) is 109 Å². The van der Waals surface area contributed by atoms with Crippen LogP contribution in [0.2, 0.25) is 0 Å². The third-order valence-corrected chi connectivity index (χ3v) is 13.5. The summed E-state index contributed by atoms with van der Waals surface area (Å²) >= 11 is 0. The summed E-state index contributed by atoms with van der Waals surface area (Å²) in [6, 6.07) is 0. The molecular weight excluding hydrogens is 937 g/mol. The molecule has 0 fully saturated rings. The van der Waals surface area contributed by atoms with E-state index in [0.717, 1.165) is 141 Å². The predicted octanol–water partition coefficient (Wildman–Crippen LogP) is 21.8. The van der Waals surface area contributed by atoms with Crippen LogP contribution in [0.1, 0.15) is 297 Å². The lowest BCUT2D eigenvalue weighted by molar-refractivity contribution is -0.167. The first-order chi connectivity index (χ1) is 37.5. The smallest absolute Gasteiger partial charge is 0.306 e. The monoisotopic (exact) mass is 1050 g/mol. The highest BCUT2D eigenvalue weighted by Gasteiger charge is 2.19. The number of hydrogen-bond donors (Lipinski definition) is 0. The van der Waals surface area contributed by atoms with E-state index in [0.29, 0.717) is 19.3 Å². The van der Waals surface area contributed by atoms with Crippen LogP contribution in [-0.4, -0.2) is 37.2 Å². The Morgan fingerprint density at radius 3 is 0.816 bits per heavy atom. The molecule has 0 N–H and O–H groups in total. The number of unbranched alkanes of at least 4 members (excludes halogenated alkanes) is 28. The Balaban J connectivity index is 4.40. The highest BCUT2D eigenvalue weighted by Crippen LogP contribution is 2.15. The van der Waals surface area contributed by atoms with Gasteiger partial charge in [-0.15, -0.1) is 0 Å². The Labute approximate surface area is 470 Å². The Bertz CT molecular complexity index is 1540. The summed E-state index contributed by atoms with van der Waals surface area (Å²) in [4.78, 5) is 38.3. The highest BCUT2D eigenvalue weighted by molar-refractivity contribution is 5.71. The number of rotatable bonds is 57. The van der Waals surface area contributed by atoms with E-state index in [1.54, 1.807) is 0 Å². The van der Waals surface area contributed by atoms with Crippen LogP contribution in [0.15, 0.2) is 109 Å². The molecule has 0 radical (unpaired) electrons. The molecule has 0 saturated heterocycles. The summed E-state index contributed by atoms with van der Waals surface area (Å²) in [5.41, 5.74) is 0. The first-order valence-corrected chi connectivity index (χ1v) is 31.9. The van der Waals surface area contributed by atoms with Crippen molar-refractivity contribution in [2.24, 2.45) is 0 Å². The second kappa shape index (κ2) is 63.6. The predicted molar refractivity (Wildman–Crippen MR) is 330 cm³/mol. The van der Waals surface area contributed by atoms with E-state index in [2.05, 4.69) is 130 Å². The van der Waals surface area contributed by atoms with E-state index >= 15 is 0 Å². The minimum atomic E-state index is -0.796. The van der Waals surface area contributed by atoms with Crippen molar-refractivity contribution >= 4 is 17.9 Å². The maximum Gasteiger partial charge on any atom is 0.306 e. The second-order valence-electron chi connectivity index (χ2n) is 20.9. The molecule has 6 heteroatoms. The van der Waals surface area contributed by atoms with Gasteiger partial charge in [0.05, 0.1) is 0 Å². The van der Waals surface area contributed by atoms with Crippen molar-refractivity contribution in [1.29, 1.82) is 0 Å². The van der Waals surface area contributed by atoms with E-state index in [-0.39, 0.29) is 31.1 Å². The molecule has 0 aliphatic rings. The van der Waals surface area contributed by atoms with Crippen LogP contribution in [0.25, 0.3) is 0 Å². The molecule has 0 heterocycles. The van der Waals surface area contributed by atoms with E-state index in [1.807, 2.05) is 0 Å². The van der Waals surface area contributed by atoms with Crippen LogP contribution < -0.4 is 0 Å². The summed E-state index contributed by atoms with van der Waals surface area (Å²) in [5, 5.41) is 0. The fourth-order valence-electron chi connectivity index (χ4n) is 8.71. The van der Waals surface area contributed by atoms with Gasteiger partial charge in [0.15, 0.2) is 6.10 Å². The Hall–Kier alpha value is -3.93. The van der Waals surface area contributed by atoms with E-state index < -0.39 is 6.10 Å². The van der Waals surface area contributed by atoms with Crippen molar-refractivity contribution < 1.29 is 28.6 Å². The summed E-state index contributed by atoms with van der Waals surface area (Å²) in [7, 11) is 0. The van der Waals surface area contributed by atoms with Crippen LogP contribution in [0.4, 0.5) is 0 Å². The fraction of sp³-hybridized carbons (Fsp3) is 0.700. The zero-order valence-corrected chi connectivity index (χ0v) is 49.7. The van der Waals surface area contributed by atoms with Gasteiger partial charge in [0.25, 0.3) is 0 Å². The van der Waals surface area contributed by atoms with Gasteiger partial charge in [0.1, 0.15) is 13.2 Å². The fourth-order valence-corrected chi connectivity index (χ4v) is 8.71. The largest absolute Gasteiger partial charge is 0.462 e. The lowest BCUT2D eigenvalue weighted by Gasteiger charge is -2.18. The van der Waals surface area contributed by atoms with Crippen LogP contribution in [0, 0.1) is 0 Å². The van der Waals surface area contributed by atoms with Crippen molar-refractivity contribution in [2.45, 2.75) is 303 Å². The number of allylic oxidation sites excluding steroid dienone is 18. The van der Waals surface area contributed by atoms with Gasteiger partial charge in [-0.25, -0.2) is 0 Å². The summed E-state index contributed by atoms with van der Waals surface area (Å²) in [6.07, 6.45) is 86.6. The van der Waals surface area contributed by atoms with Gasteiger partial charge in [-0.3, -0.25) is 14.4 Å². The topological polar surface area (TPSA) is 78.9 Å². The minimum Gasteiger partial charge on any atom is -0.462 e. The summed E-state index contributed by atoms with van der Waals surface area (Å²) < 4.78 is 16.9. The molecule has 1 unspecified atom stereocenters. The van der Waals surface area contributed by atoms with Gasteiger partial charge in [-0.05, 0) is 128 Å². The number of hydrogen-bond acceptors (Lipinski definition) is 6. The SMILES string of the molecule is CC/C=C\C/C=C\C/C=C\C/C=C\C/C=C\C/C=C\C/C=C\CCCCCCCC(=O)OCC(COC(=O)CCCCCCC/C=C\CCCCCCCC)OC(=O)CCCCCCC/C=C\CCCCCCCCC. The molecule has 0 aliphatic carbocycles. The maximum atomic E-state index is 12.9. The molecule has 1 atom stereocenters. The molecule has 0 bridgehead atoms. The van der Waals surface area contributed by atoms with Crippen molar-refractivity contribution in [3.63, 3.8) is 0 Å². The Kier molecular flexibility index (Phi) is 60.3. The number of ether oxygens (including phenoxy) is 3. The van der Waals surface area contributed by atoms with Crippen LogP contribution >= 0.6 is 0 Å². The molecule has 0 saturated carbocycles. The number of carbonyl (C=O) groups is 3. The summed E-state index contributed by atoms with van der Waals surface area (Å²) in [6.45, 7) is 6.50. The van der Waals surface area contributed by atoms with Gasteiger partial charge < -0.3 is 14.2 Å². The van der Waals surface area contributed by atoms with Crippen molar-refractivity contribution in [1.82, 2.24) is 0 Å². The van der Waals surface area contributed by atoms with Crippen molar-refractivity contribution in [2.75, 3.05) is 13.2 Å². The van der Waals surface area contributed by atoms with Crippen LogP contribution in [0.3, 0.4) is 0 Å². The molecule has 0 aliphatic heterocycles. The highest BCUT2D eigenvalue weighted by atomic mass is 16.6. The zero-order chi connectivity index (χ0) is 55.0. The average Bonchev–Trinajstić information content (AvgIpc) is 3.42. The first-order valence-electron chi connectivity index (χ1n) is 31.9. The van der Waals surface area contributed by atoms with Crippen LogP contribution in [-0.2, 0) is 28.6 Å². The number of esters is 3. The van der Waals surface area contributed by atoms with E-state index in [1.165, 1.54) is 116 Å². The van der Waals surface area contributed by atoms with Gasteiger partial charge in [0.2, 0.25) is 0 Å². The lowest BCUT2D eigenvalue weighted by Crippen LogP contribution is -2.30. The standard InChI is InChI=1S/C70H118O6/c1-4-7-10-13-16-19-22-25-28-30-31-32-33-34-35-36-37-38-39-40-43-45-48-51-54-57-60-63-69(72)75-66-67(65-74-68(71)62-59-56-53-50-47-44-41-27-24-21-18-15-12-9-6-3)76-70(73)64-61-58-55-52-49-46-42-29-26-23-20-17-14-11-8-5-2/h7,10,16,19,25,27-29,31-32,34-35,37-38,40-43,67H,4-6,8-9,11-15,17-18,20-24,26,30,33,36,39,44-66H2,1-3H3/b10-7-,19-16-,28-25-,32-31-,35-34-,38-37-,41-27-,42-29-,43-40-. The van der Waals surface area contributed by atoms with Gasteiger partial charge >= 0.3 is 17.9 Å². The zero-order valence-electron chi connectivity index (χ0n) is 49.7. The molecule has 0 rings (SSSR count). The third-order valence-electron chi connectivity index (χ3n) is 13.5. The average molecular weight is 1060 g/mol.